The van der Waals surface area contributed by atoms with Gasteiger partial charge < -0.3 is 0 Å². The first-order valence-electron chi connectivity index (χ1n) is 5.32. The van der Waals surface area contributed by atoms with E-state index in [1.165, 1.54) is 5.56 Å². The second-order valence-corrected chi connectivity index (χ2v) is 3.41. The van der Waals surface area contributed by atoms with Gasteiger partial charge in [0.05, 0.1) is 0 Å². The molecular weight excluding hydrogens is 194 g/mol. The van der Waals surface area contributed by atoms with Crippen LogP contribution in [0.3, 0.4) is 0 Å². The lowest BCUT2D eigenvalue weighted by Crippen LogP contribution is -2.17. The third kappa shape index (κ3) is 7.77. The Balaban J connectivity index is 0.000000281. The number of hydrogen-bond donors (Lipinski definition) is 0. The normalized spacial score (nSPS) is 8.88. The summed E-state index contributed by atoms with van der Waals surface area (Å²) in [5.74, 6) is 0. The van der Waals surface area contributed by atoms with Crippen molar-refractivity contribution in [1.29, 1.82) is 0 Å². The van der Waals surface area contributed by atoms with Crippen molar-refractivity contribution in [1.82, 2.24) is 4.90 Å². The summed E-state index contributed by atoms with van der Waals surface area (Å²) in [4.78, 5) is 2.12. The molecule has 0 fully saturated rings. The van der Waals surface area contributed by atoms with Crippen LogP contribution in [0.5, 0.6) is 0 Å². The third-order valence-electron chi connectivity index (χ3n) is 1.92. The Morgan fingerprint density at radius 2 is 1.50 bits per heavy atom. The molecule has 0 aliphatic heterocycles. The smallest absolute Gasteiger partial charge is 0.0160 e. The van der Waals surface area contributed by atoms with Crippen LogP contribution in [0.15, 0.2) is 62.2 Å². The maximum atomic E-state index is 3.63. The third-order valence-corrected chi connectivity index (χ3v) is 1.92. The lowest BCUT2D eigenvalue weighted by molar-refractivity contribution is 0.413. The van der Waals surface area contributed by atoms with Gasteiger partial charge in [0.15, 0.2) is 0 Å². The van der Waals surface area contributed by atoms with E-state index < -0.39 is 0 Å². The molecule has 1 aromatic carbocycles. The van der Waals surface area contributed by atoms with E-state index in [1.54, 1.807) is 0 Å². The summed E-state index contributed by atoms with van der Waals surface area (Å²) >= 11 is 0. The van der Waals surface area contributed by atoms with Crippen molar-refractivity contribution < 1.29 is 0 Å². The molecule has 0 amide bonds. The van der Waals surface area contributed by atoms with Gasteiger partial charge in [0.25, 0.3) is 0 Å². The highest BCUT2D eigenvalue weighted by Crippen LogP contribution is 1.97. The first-order chi connectivity index (χ1) is 7.74. The quantitative estimate of drug-likeness (QED) is 0.678. The van der Waals surface area contributed by atoms with Gasteiger partial charge in [-0.2, -0.15) is 0 Å². The van der Waals surface area contributed by atoms with E-state index in [0.717, 1.165) is 13.1 Å². The summed E-state index contributed by atoms with van der Waals surface area (Å²) in [6, 6.07) is 10.0. The molecule has 0 spiro atoms. The van der Waals surface area contributed by atoms with Crippen molar-refractivity contribution in [3.63, 3.8) is 0 Å². The van der Waals surface area contributed by atoms with Crippen molar-refractivity contribution in [3.05, 3.63) is 67.8 Å². The van der Waals surface area contributed by atoms with Gasteiger partial charge in [-0.25, -0.2) is 0 Å². The molecule has 0 saturated carbocycles. The molecule has 0 aliphatic carbocycles. The van der Waals surface area contributed by atoms with Crippen LogP contribution in [0, 0.1) is 0 Å². The summed E-state index contributed by atoms with van der Waals surface area (Å²) in [5, 5.41) is 0. The van der Waals surface area contributed by atoms with E-state index in [2.05, 4.69) is 24.6 Å². The van der Waals surface area contributed by atoms with E-state index in [-0.39, 0.29) is 0 Å². The summed E-state index contributed by atoms with van der Waals surface area (Å²) in [6.07, 6.45) is 5.59. The summed E-state index contributed by atoms with van der Waals surface area (Å²) in [7, 11) is 2.03. The monoisotopic (exact) mass is 215 g/mol. The summed E-state index contributed by atoms with van der Waals surface area (Å²) in [6.45, 7) is 12.7. The largest absolute Gasteiger partial charge is 0.299 e. The lowest BCUT2D eigenvalue weighted by Gasteiger charge is -2.09. The molecule has 0 bridgehead atoms. The molecule has 1 aromatic rings. The predicted molar refractivity (Wildman–Crippen MR) is 74.4 cm³/mol. The van der Waals surface area contributed by atoms with Gasteiger partial charge >= 0.3 is 0 Å². The second-order valence-electron chi connectivity index (χ2n) is 3.41. The van der Waals surface area contributed by atoms with Crippen molar-refractivity contribution in [2.24, 2.45) is 0 Å². The highest BCUT2D eigenvalue weighted by Gasteiger charge is 1.86. The number of likely N-dealkylation sites (N-methyl/N-ethyl adjacent to an activating group) is 1. The topological polar surface area (TPSA) is 3.24 Å². The van der Waals surface area contributed by atoms with Crippen LogP contribution in [0.25, 0.3) is 6.08 Å². The molecule has 1 rings (SSSR count). The van der Waals surface area contributed by atoms with Gasteiger partial charge in [0.2, 0.25) is 0 Å². The van der Waals surface area contributed by atoms with E-state index in [1.807, 2.05) is 55.6 Å². The number of nitrogens with zero attached hydrogens (tertiary/aromatic N) is 1. The molecule has 86 valence electrons. The van der Waals surface area contributed by atoms with Crippen LogP contribution in [0.2, 0.25) is 0 Å². The molecule has 0 atom stereocenters. The fourth-order valence-corrected chi connectivity index (χ4v) is 1.10. The zero-order valence-corrected chi connectivity index (χ0v) is 10.1. The Morgan fingerprint density at radius 3 is 1.81 bits per heavy atom. The fourth-order valence-electron chi connectivity index (χ4n) is 1.10. The van der Waals surface area contributed by atoms with Crippen molar-refractivity contribution in [3.8, 4) is 0 Å². The van der Waals surface area contributed by atoms with Crippen LogP contribution < -0.4 is 0 Å². The van der Waals surface area contributed by atoms with Gasteiger partial charge in [-0.1, -0.05) is 55.1 Å². The molecule has 0 saturated heterocycles. The Bertz CT molecular complexity index is 290. The molecule has 0 heterocycles. The second kappa shape index (κ2) is 9.94. The average Bonchev–Trinajstić information content (AvgIpc) is 2.32. The van der Waals surface area contributed by atoms with Crippen LogP contribution in [0.4, 0.5) is 0 Å². The molecule has 16 heavy (non-hydrogen) atoms. The van der Waals surface area contributed by atoms with Gasteiger partial charge in [-0.3, -0.25) is 4.90 Å². The van der Waals surface area contributed by atoms with Gasteiger partial charge in [0.1, 0.15) is 0 Å². The first-order valence-corrected chi connectivity index (χ1v) is 5.32. The van der Waals surface area contributed by atoms with E-state index in [0.29, 0.717) is 0 Å². The zero-order valence-electron chi connectivity index (χ0n) is 10.1. The molecule has 0 radical (unpaired) electrons. The minimum Gasteiger partial charge on any atom is -0.299 e. The van der Waals surface area contributed by atoms with Crippen molar-refractivity contribution in [2.45, 2.75) is 0 Å². The van der Waals surface area contributed by atoms with Crippen molar-refractivity contribution in [2.75, 3.05) is 20.1 Å². The number of rotatable bonds is 5. The molecule has 0 aliphatic rings. The van der Waals surface area contributed by atoms with Gasteiger partial charge in [-0.05, 0) is 12.6 Å². The number of benzene rings is 1. The molecule has 0 N–H and O–H groups in total. The summed E-state index contributed by atoms with van der Waals surface area (Å²) in [5.41, 5.74) is 1.17. The van der Waals surface area contributed by atoms with Gasteiger partial charge in [0, 0.05) is 13.1 Å². The van der Waals surface area contributed by atoms with Crippen LogP contribution in [-0.4, -0.2) is 25.0 Å². The Morgan fingerprint density at radius 1 is 1.00 bits per heavy atom. The van der Waals surface area contributed by atoms with Gasteiger partial charge in [-0.15, -0.1) is 13.2 Å². The average molecular weight is 215 g/mol. The van der Waals surface area contributed by atoms with E-state index in [4.69, 9.17) is 0 Å². The SMILES string of the molecule is C=CCN(C)CC=C.C=Cc1ccccc1. The Kier molecular flexibility index (Phi) is 8.94. The molecule has 0 aromatic heterocycles. The minimum atomic E-state index is 0.937. The van der Waals surface area contributed by atoms with E-state index in [9.17, 15) is 0 Å². The van der Waals surface area contributed by atoms with Crippen LogP contribution in [-0.2, 0) is 0 Å². The lowest BCUT2D eigenvalue weighted by atomic mass is 10.2. The molecule has 1 heteroatoms. The highest BCUT2D eigenvalue weighted by atomic mass is 15.1. The standard InChI is InChI=1S/C8H8.C7H13N/c1-2-8-6-4-3-5-7-8;1-4-6-8(3)7-5-2/h2-7H,1H2;4-5H,1-2,6-7H2,3H3. The Labute approximate surface area is 99.4 Å². The number of hydrogen-bond acceptors (Lipinski definition) is 1. The Hall–Kier alpha value is -1.60. The fraction of sp³-hybridized carbons (Fsp3) is 0.200. The highest BCUT2D eigenvalue weighted by molar-refractivity contribution is 5.45. The van der Waals surface area contributed by atoms with Crippen LogP contribution >= 0.6 is 0 Å². The predicted octanol–water partition coefficient (Wildman–Crippen LogP) is 3.62. The van der Waals surface area contributed by atoms with Crippen molar-refractivity contribution >= 4 is 6.08 Å². The molecule has 1 nitrogen and oxygen atoms in total. The maximum absolute atomic E-state index is 3.63. The molecule has 0 unspecified atom stereocenters. The zero-order chi connectivity index (χ0) is 12.2. The van der Waals surface area contributed by atoms with Crippen LogP contribution in [0.1, 0.15) is 5.56 Å². The first kappa shape index (κ1) is 14.4. The molecular formula is C15H21N. The van der Waals surface area contributed by atoms with E-state index >= 15 is 0 Å². The summed E-state index contributed by atoms with van der Waals surface area (Å²) < 4.78 is 0. The minimum absolute atomic E-state index is 0.937. The maximum Gasteiger partial charge on any atom is 0.0160 e.